The number of rotatable bonds is 7. The van der Waals surface area contributed by atoms with Gasteiger partial charge in [-0.2, -0.15) is 14.1 Å². The molecular formula is C23H25F2N5O4S. The quantitative estimate of drug-likeness (QED) is 0.490. The Labute approximate surface area is 201 Å². The van der Waals surface area contributed by atoms with Crippen molar-refractivity contribution in [3.05, 3.63) is 76.2 Å². The molecule has 0 spiro atoms. The highest BCUT2D eigenvalue weighted by Gasteiger charge is 2.29. The van der Waals surface area contributed by atoms with Crippen molar-refractivity contribution in [2.45, 2.75) is 12.7 Å². The van der Waals surface area contributed by atoms with Gasteiger partial charge in [0.1, 0.15) is 17.3 Å². The number of ether oxygens (including phenoxy) is 1. The van der Waals surface area contributed by atoms with Crippen LogP contribution in [0.5, 0.6) is 5.75 Å². The van der Waals surface area contributed by atoms with Crippen LogP contribution in [0.25, 0.3) is 5.69 Å². The van der Waals surface area contributed by atoms with Gasteiger partial charge in [-0.25, -0.2) is 17.2 Å². The molecule has 2 N–H and O–H groups in total. The van der Waals surface area contributed by atoms with Gasteiger partial charge in [-0.05, 0) is 36.8 Å². The Balaban J connectivity index is 1.54. The number of nitrogens with two attached hydrogens (primary N) is 1. The van der Waals surface area contributed by atoms with Crippen LogP contribution < -0.4 is 20.9 Å². The van der Waals surface area contributed by atoms with Gasteiger partial charge in [0.15, 0.2) is 0 Å². The lowest BCUT2D eigenvalue weighted by Gasteiger charge is -2.35. The van der Waals surface area contributed by atoms with E-state index < -0.39 is 27.2 Å². The molecule has 0 radical (unpaired) electrons. The zero-order chi connectivity index (χ0) is 25.2. The third kappa shape index (κ3) is 5.43. The largest absolute Gasteiger partial charge is 0.487 e. The lowest BCUT2D eigenvalue weighted by molar-refractivity contribution is 0.329. The molecule has 1 aliphatic rings. The molecule has 0 saturated carbocycles. The molecule has 1 saturated heterocycles. The molecule has 186 valence electrons. The summed E-state index contributed by atoms with van der Waals surface area (Å²) in [5, 5.41) is 4.09. The second kappa shape index (κ2) is 10.0. The van der Waals surface area contributed by atoms with Gasteiger partial charge >= 0.3 is 5.56 Å². The predicted octanol–water partition coefficient (Wildman–Crippen LogP) is 2.14. The highest BCUT2D eigenvalue weighted by atomic mass is 32.2. The minimum atomic E-state index is -3.55. The summed E-state index contributed by atoms with van der Waals surface area (Å²) in [5.74, 6) is -1.84. The first kappa shape index (κ1) is 24.6. The summed E-state index contributed by atoms with van der Waals surface area (Å²) in [6, 6.07) is 9.38. The third-order valence-corrected chi connectivity index (χ3v) is 7.45. The van der Waals surface area contributed by atoms with Gasteiger partial charge < -0.3 is 15.4 Å². The molecule has 1 fully saturated rings. The van der Waals surface area contributed by atoms with Crippen LogP contribution in [0.1, 0.15) is 12.5 Å². The standard InChI is InChI=1S/C23H25F2N5O4S/c1-2-34-22-21(14-27-30(23(22)31)20-12-17(24)11-18(25)13-20)28-7-9-29(10-8-28)35(32,33)15-16-3-5-19(26)6-4-16/h3-6,11-14H,2,7-10,15,26H2,1H3. The fourth-order valence-electron chi connectivity index (χ4n) is 3.90. The molecule has 0 aliphatic carbocycles. The summed E-state index contributed by atoms with van der Waals surface area (Å²) in [4.78, 5) is 14.9. The topological polar surface area (TPSA) is 111 Å². The molecule has 0 bridgehead atoms. The number of halogens is 2. The van der Waals surface area contributed by atoms with E-state index in [1.54, 1.807) is 31.2 Å². The van der Waals surface area contributed by atoms with Crippen molar-refractivity contribution in [1.82, 2.24) is 14.1 Å². The highest BCUT2D eigenvalue weighted by Crippen LogP contribution is 2.26. The summed E-state index contributed by atoms with van der Waals surface area (Å²) in [5.41, 5.74) is 6.51. The van der Waals surface area contributed by atoms with Crippen LogP contribution in [0.2, 0.25) is 0 Å². The Morgan fingerprint density at radius 3 is 2.26 bits per heavy atom. The molecule has 9 nitrogen and oxygen atoms in total. The number of piperazine rings is 1. The van der Waals surface area contributed by atoms with E-state index in [0.29, 0.717) is 36.1 Å². The monoisotopic (exact) mass is 505 g/mol. The molecule has 1 aliphatic heterocycles. The summed E-state index contributed by atoms with van der Waals surface area (Å²) in [6.07, 6.45) is 1.38. The average molecular weight is 506 g/mol. The van der Waals surface area contributed by atoms with E-state index in [0.717, 1.165) is 16.8 Å². The Kier molecular flexibility index (Phi) is 7.03. The molecule has 0 unspecified atom stereocenters. The van der Waals surface area contributed by atoms with Crippen molar-refractivity contribution in [2.24, 2.45) is 0 Å². The van der Waals surface area contributed by atoms with Gasteiger partial charge in [0, 0.05) is 37.9 Å². The number of sulfonamides is 1. The van der Waals surface area contributed by atoms with E-state index in [1.165, 1.54) is 10.5 Å². The number of aromatic nitrogens is 2. The van der Waals surface area contributed by atoms with Crippen LogP contribution in [0, 0.1) is 11.6 Å². The number of hydrogen-bond acceptors (Lipinski definition) is 7. The smallest absolute Gasteiger partial charge is 0.316 e. The van der Waals surface area contributed by atoms with Crippen molar-refractivity contribution < 1.29 is 21.9 Å². The molecular weight excluding hydrogens is 480 g/mol. The van der Waals surface area contributed by atoms with Gasteiger partial charge in [-0.15, -0.1) is 0 Å². The molecule has 35 heavy (non-hydrogen) atoms. The van der Waals surface area contributed by atoms with Crippen LogP contribution >= 0.6 is 0 Å². The van der Waals surface area contributed by atoms with Crippen LogP contribution in [-0.2, 0) is 15.8 Å². The predicted molar refractivity (Wildman–Crippen MR) is 128 cm³/mol. The highest BCUT2D eigenvalue weighted by molar-refractivity contribution is 7.88. The van der Waals surface area contributed by atoms with E-state index in [4.69, 9.17) is 10.5 Å². The first-order valence-electron chi connectivity index (χ1n) is 11.0. The Morgan fingerprint density at radius 2 is 1.66 bits per heavy atom. The van der Waals surface area contributed by atoms with Crippen molar-refractivity contribution >= 4 is 21.4 Å². The zero-order valence-corrected chi connectivity index (χ0v) is 19.8. The zero-order valence-electron chi connectivity index (χ0n) is 19.0. The number of nitrogens with zero attached hydrogens (tertiary/aromatic N) is 4. The molecule has 2 aromatic carbocycles. The summed E-state index contributed by atoms with van der Waals surface area (Å²) in [7, 11) is -3.55. The van der Waals surface area contributed by atoms with E-state index in [9.17, 15) is 22.0 Å². The second-order valence-electron chi connectivity index (χ2n) is 8.02. The Hall–Kier alpha value is -3.51. The normalized spacial score (nSPS) is 14.8. The number of nitrogen functional groups attached to an aromatic ring is 1. The van der Waals surface area contributed by atoms with Crippen molar-refractivity contribution in [3.63, 3.8) is 0 Å². The van der Waals surface area contributed by atoms with E-state index in [-0.39, 0.29) is 36.9 Å². The number of anilines is 2. The molecule has 3 aromatic rings. The van der Waals surface area contributed by atoms with Crippen LogP contribution in [-0.4, -0.2) is 55.3 Å². The lowest BCUT2D eigenvalue weighted by Crippen LogP contribution is -2.49. The Bertz CT molecular complexity index is 1350. The van der Waals surface area contributed by atoms with Gasteiger partial charge in [-0.1, -0.05) is 12.1 Å². The fraction of sp³-hybridized carbons (Fsp3) is 0.304. The van der Waals surface area contributed by atoms with Crippen LogP contribution in [0.3, 0.4) is 0 Å². The van der Waals surface area contributed by atoms with Gasteiger partial charge in [0.05, 0.1) is 24.2 Å². The lowest BCUT2D eigenvalue weighted by atomic mass is 10.2. The average Bonchev–Trinajstić information content (AvgIpc) is 2.81. The number of hydrogen-bond donors (Lipinski definition) is 1. The molecule has 12 heteroatoms. The maximum Gasteiger partial charge on any atom is 0.316 e. The third-order valence-electron chi connectivity index (χ3n) is 5.60. The van der Waals surface area contributed by atoms with Gasteiger partial charge in [0.25, 0.3) is 0 Å². The molecule has 1 aromatic heterocycles. The number of benzene rings is 2. The summed E-state index contributed by atoms with van der Waals surface area (Å²) in [6.45, 7) is 2.92. The van der Waals surface area contributed by atoms with Crippen molar-refractivity contribution in [3.8, 4) is 11.4 Å². The molecule has 2 heterocycles. The first-order valence-corrected chi connectivity index (χ1v) is 12.6. The fourth-order valence-corrected chi connectivity index (χ4v) is 5.42. The first-order chi connectivity index (χ1) is 16.7. The van der Waals surface area contributed by atoms with Crippen LogP contribution in [0.4, 0.5) is 20.2 Å². The van der Waals surface area contributed by atoms with E-state index in [1.807, 2.05) is 4.90 Å². The maximum absolute atomic E-state index is 13.7. The summed E-state index contributed by atoms with van der Waals surface area (Å²) < 4.78 is 61.0. The van der Waals surface area contributed by atoms with Crippen molar-refractivity contribution in [2.75, 3.05) is 43.4 Å². The minimum absolute atomic E-state index is 0.0228. The van der Waals surface area contributed by atoms with E-state index >= 15 is 0 Å². The Morgan fingerprint density at radius 1 is 1.03 bits per heavy atom. The second-order valence-corrected chi connectivity index (χ2v) is 9.99. The molecule has 4 rings (SSSR count). The van der Waals surface area contributed by atoms with Gasteiger partial charge in [-0.3, -0.25) is 4.79 Å². The molecule has 0 amide bonds. The minimum Gasteiger partial charge on any atom is -0.487 e. The molecule has 0 atom stereocenters. The SMILES string of the molecule is CCOc1c(N2CCN(S(=O)(=O)Cc3ccc(N)cc3)CC2)cnn(-c2cc(F)cc(F)c2)c1=O. The summed E-state index contributed by atoms with van der Waals surface area (Å²) >= 11 is 0. The maximum atomic E-state index is 13.7. The van der Waals surface area contributed by atoms with E-state index in [2.05, 4.69) is 5.10 Å². The van der Waals surface area contributed by atoms with Crippen LogP contribution in [0.15, 0.2) is 53.5 Å². The van der Waals surface area contributed by atoms with Gasteiger partial charge in [0.2, 0.25) is 15.8 Å². The van der Waals surface area contributed by atoms with Crippen molar-refractivity contribution in [1.29, 1.82) is 0 Å².